The zero-order valence-corrected chi connectivity index (χ0v) is 10.8. The van der Waals surface area contributed by atoms with Crippen LogP contribution in [0.15, 0.2) is 30.5 Å². The summed E-state index contributed by atoms with van der Waals surface area (Å²) in [6, 6.07) is 5.14. The normalized spacial score (nSPS) is 10.1. The van der Waals surface area contributed by atoms with E-state index in [1.54, 1.807) is 0 Å². The zero-order valence-electron chi connectivity index (χ0n) is 10.8. The first kappa shape index (κ1) is 14.2. The number of amides is 1. The second-order valence-corrected chi connectivity index (χ2v) is 4.08. The van der Waals surface area contributed by atoms with E-state index in [-0.39, 0.29) is 22.9 Å². The SMILES string of the molecule is Cn1c(C(=O)Nc2ccnc(C(=O)O)c2)ccc1[N+](=O)[O-]. The minimum atomic E-state index is -1.22. The van der Waals surface area contributed by atoms with Crippen molar-refractivity contribution in [3.63, 3.8) is 0 Å². The molecule has 2 aromatic heterocycles. The molecule has 21 heavy (non-hydrogen) atoms. The van der Waals surface area contributed by atoms with Crippen LogP contribution >= 0.6 is 0 Å². The molecule has 108 valence electrons. The molecule has 0 spiro atoms. The van der Waals surface area contributed by atoms with Crippen molar-refractivity contribution in [3.05, 3.63) is 52.0 Å². The van der Waals surface area contributed by atoms with E-state index in [9.17, 15) is 19.7 Å². The van der Waals surface area contributed by atoms with Gasteiger partial charge in [0.1, 0.15) is 5.69 Å². The lowest BCUT2D eigenvalue weighted by Crippen LogP contribution is -2.16. The van der Waals surface area contributed by atoms with E-state index in [2.05, 4.69) is 10.3 Å². The topological polar surface area (TPSA) is 127 Å². The zero-order chi connectivity index (χ0) is 15.6. The molecule has 0 bridgehead atoms. The molecule has 9 nitrogen and oxygen atoms in total. The number of carbonyl (C=O) groups excluding carboxylic acids is 1. The van der Waals surface area contributed by atoms with Crippen LogP contribution < -0.4 is 5.32 Å². The minimum absolute atomic E-state index is 0.0791. The highest BCUT2D eigenvalue weighted by molar-refractivity contribution is 6.04. The van der Waals surface area contributed by atoms with Gasteiger partial charge in [0.15, 0.2) is 5.69 Å². The Hall–Kier alpha value is -3.23. The monoisotopic (exact) mass is 290 g/mol. The highest BCUT2D eigenvalue weighted by Gasteiger charge is 2.20. The number of nitro groups is 1. The average molecular weight is 290 g/mol. The Morgan fingerprint density at radius 2 is 2.10 bits per heavy atom. The highest BCUT2D eigenvalue weighted by Crippen LogP contribution is 2.17. The Balaban J connectivity index is 2.24. The summed E-state index contributed by atoms with van der Waals surface area (Å²) in [6.07, 6.45) is 1.24. The van der Waals surface area contributed by atoms with Crippen molar-refractivity contribution in [1.82, 2.24) is 9.55 Å². The molecule has 1 amide bonds. The van der Waals surface area contributed by atoms with Gasteiger partial charge in [0, 0.05) is 18.0 Å². The highest BCUT2D eigenvalue weighted by atomic mass is 16.6. The number of carboxylic acid groups (broad SMARTS) is 1. The molecule has 0 aliphatic rings. The number of hydrogen-bond acceptors (Lipinski definition) is 5. The summed E-state index contributed by atoms with van der Waals surface area (Å²) < 4.78 is 1.13. The lowest BCUT2D eigenvalue weighted by Gasteiger charge is -2.04. The standard InChI is InChI=1S/C12H10N4O5/c1-15-9(2-3-10(15)16(20)21)11(17)14-7-4-5-13-8(6-7)12(18)19/h2-6H,1H3,(H,18,19)(H,13,14,17). The first-order valence-electron chi connectivity index (χ1n) is 5.71. The van der Waals surface area contributed by atoms with Gasteiger partial charge in [0.05, 0.1) is 7.05 Å². The van der Waals surface area contributed by atoms with E-state index >= 15 is 0 Å². The molecule has 0 aromatic carbocycles. The second-order valence-electron chi connectivity index (χ2n) is 4.08. The van der Waals surface area contributed by atoms with Crippen LogP contribution in [0.1, 0.15) is 21.0 Å². The number of rotatable bonds is 4. The molecule has 0 atom stereocenters. The van der Waals surface area contributed by atoms with Crippen molar-refractivity contribution in [1.29, 1.82) is 0 Å². The van der Waals surface area contributed by atoms with Gasteiger partial charge < -0.3 is 20.5 Å². The van der Waals surface area contributed by atoms with E-state index in [1.165, 1.54) is 37.5 Å². The molecule has 0 saturated carbocycles. The van der Waals surface area contributed by atoms with Crippen LogP contribution in [0, 0.1) is 10.1 Å². The molecule has 2 heterocycles. The van der Waals surface area contributed by atoms with Gasteiger partial charge in [-0.3, -0.25) is 4.79 Å². The Kier molecular flexibility index (Phi) is 3.65. The van der Waals surface area contributed by atoms with E-state index in [0.717, 1.165) is 4.57 Å². The van der Waals surface area contributed by atoms with Crippen molar-refractivity contribution in [2.45, 2.75) is 0 Å². The average Bonchev–Trinajstić information content (AvgIpc) is 2.81. The molecule has 0 fully saturated rings. The second kappa shape index (κ2) is 5.41. The van der Waals surface area contributed by atoms with Crippen molar-refractivity contribution in [3.8, 4) is 0 Å². The van der Waals surface area contributed by atoms with Crippen LogP contribution in [0.2, 0.25) is 0 Å². The lowest BCUT2D eigenvalue weighted by atomic mass is 10.3. The van der Waals surface area contributed by atoms with E-state index in [1.807, 2.05) is 0 Å². The van der Waals surface area contributed by atoms with E-state index in [4.69, 9.17) is 5.11 Å². The number of anilines is 1. The molecule has 2 rings (SSSR count). The summed E-state index contributed by atoms with van der Waals surface area (Å²) in [4.78, 5) is 36.5. The van der Waals surface area contributed by atoms with Crippen LogP contribution in [-0.4, -0.2) is 31.5 Å². The quantitative estimate of drug-likeness (QED) is 0.644. The van der Waals surface area contributed by atoms with Crippen LogP contribution in [0.4, 0.5) is 11.5 Å². The van der Waals surface area contributed by atoms with Crippen LogP contribution in [0.5, 0.6) is 0 Å². The smallest absolute Gasteiger partial charge is 0.354 e. The fourth-order valence-electron chi connectivity index (χ4n) is 1.73. The van der Waals surface area contributed by atoms with Gasteiger partial charge in [-0.15, -0.1) is 0 Å². The molecule has 0 radical (unpaired) electrons. The van der Waals surface area contributed by atoms with Gasteiger partial charge in [-0.05, 0) is 23.1 Å². The van der Waals surface area contributed by atoms with Gasteiger partial charge in [-0.25, -0.2) is 14.3 Å². The molecule has 2 aromatic rings. The minimum Gasteiger partial charge on any atom is -0.477 e. The summed E-state index contributed by atoms with van der Waals surface area (Å²) >= 11 is 0. The number of hydrogen-bond donors (Lipinski definition) is 2. The third-order valence-electron chi connectivity index (χ3n) is 2.75. The maximum atomic E-state index is 12.0. The van der Waals surface area contributed by atoms with Crippen molar-refractivity contribution in [2.75, 3.05) is 5.32 Å². The van der Waals surface area contributed by atoms with Gasteiger partial charge in [-0.2, -0.15) is 0 Å². The summed E-state index contributed by atoms with van der Waals surface area (Å²) in [6.45, 7) is 0. The molecular formula is C12H10N4O5. The third-order valence-corrected chi connectivity index (χ3v) is 2.75. The fourth-order valence-corrected chi connectivity index (χ4v) is 1.73. The van der Waals surface area contributed by atoms with Gasteiger partial charge in [0.25, 0.3) is 5.91 Å². The van der Waals surface area contributed by atoms with Crippen molar-refractivity contribution >= 4 is 23.4 Å². The number of aromatic nitrogens is 2. The third kappa shape index (κ3) is 2.86. The maximum absolute atomic E-state index is 12.0. The van der Waals surface area contributed by atoms with Gasteiger partial charge in [0.2, 0.25) is 0 Å². The van der Waals surface area contributed by atoms with Crippen LogP contribution in [0.3, 0.4) is 0 Å². The Bertz CT molecular complexity index is 737. The molecule has 2 N–H and O–H groups in total. The molecule has 0 aliphatic carbocycles. The summed E-state index contributed by atoms with van der Waals surface area (Å²) in [5, 5.41) is 22.0. The van der Waals surface area contributed by atoms with E-state index in [0.29, 0.717) is 0 Å². The molecule has 0 saturated heterocycles. The predicted octanol–water partition coefficient (Wildman–Crippen LogP) is 1.28. The largest absolute Gasteiger partial charge is 0.477 e. The Labute approximate surface area is 118 Å². The Morgan fingerprint density at radius 3 is 2.67 bits per heavy atom. The van der Waals surface area contributed by atoms with Gasteiger partial charge in [-0.1, -0.05) is 0 Å². The van der Waals surface area contributed by atoms with Crippen molar-refractivity contribution in [2.24, 2.45) is 7.05 Å². The van der Waals surface area contributed by atoms with E-state index < -0.39 is 16.8 Å². The molecule has 0 unspecified atom stereocenters. The number of carboxylic acids is 1. The fraction of sp³-hybridized carbons (Fsp3) is 0.0833. The van der Waals surface area contributed by atoms with Crippen LogP contribution in [-0.2, 0) is 7.05 Å². The van der Waals surface area contributed by atoms with Gasteiger partial charge >= 0.3 is 11.8 Å². The number of nitrogens with one attached hydrogen (secondary N) is 1. The predicted molar refractivity (Wildman–Crippen MR) is 71.2 cm³/mol. The number of pyridine rings is 1. The number of carbonyl (C=O) groups is 2. The summed E-state index contributed by atoms with van der Waals surface area (Å²) in [5.41, 5.74) is 0.0947. The molecular weight excluding hydrogens is 280 g/mol. The molecule has 0 aliphatic heterocycles. The summed E-state index contributed by atoms with van der Waals surface area (Å²) in [7, 11) is 1.39. The number of nitrogens with zero attached hydrogens (tertiary/aromatic N) is 3. The van der Waals surface area contributed by atoms with Crippen molar-refractivity contribution < 1.29 is 19.6 Å². The first-order valence-corrected chi connectivity index (χ1v) is 5.71. The van der Waals surface area contributed by atoms with Crippen LogP contribution in [0.25, 0.3) is 0 Å². The lowest BCUT2D eigenvalue weighted by molar-refractivity contribution is -0.391. The summed E-state index contributed by atoms with van der Waals surface area (Å²) in [5.74, 6) is -2.03. The number of aromatic carboxylic acids is 1. The first-order chi connectivity index (χ1) is 9.90. The molecule has 9 heteroatoms. The maximum Gasteiger partial charge on any atom is 0.354 e. The Morgan fingerprint density at radius 1 is 1.38 bits per heavy atom.